The Hall–Kier alpha value is 0.200. The molecule has 8 unspecified atom stereocenters. The molecule has 4 rings (SSSR count). The van der Waals surface area contributed by atoms with E-state index in [0.717, 1.165) is 36.5 Å². The van der Waals surface area contributed by atoms with Gasteiger partial charge >= 0.3 is 0 Å². The molecule has 0 aromatic rings. The predicted octanol–water partition coefficient (Wildman–Crippen LogP) is 6.74. The monoisotopic (exact) mass is 366 g/mol. The first-order chi connectivity index (χ1) is 11.8. The van der Waals surface area contributed by atoms with Gasteiger partial charge in [0.1, 0.15) is 0 Å². The van der Waals surface area contributed by atoms with Gasteiger partial charge in [0.25, 0.3) is 0 Å². The first kappa shape index (κ1) is 17.6. The summed E-state index contributed by atoms with van der Waals surface area (Å²) in [5, 5.41) is 0. The summed E-state index contributed by atoms with van der Waals surface area (Å²) in [6, 6.07) is 0. The first-order valence-corrected chi connectivity index (χ1v) is 12.2. The van der Waals surface area contributed by atoms with Gasteiger partial charge in [0.15, 0.2) is 16.9 Å². The third kappa shape index (κ3) is 3.16. The zero-order valence-electron chi connectivity index (χ0n) is 14.8. The van der Waals surface area contributed by atoms with Crippen LogP contribution in [-0.2, 0) is 9.13 Å². The van der Waals surface area contributed by atoms with E-state index in [2.05, 4.69) is 0 Å². The molecule has 4 heteroatoms. The van der Waals surface area contributed by atoms with Gasteiger partial charge in [-0.3, -0.25) is 9.13 Å². The molecule has 4 fully saturated rings. The quantitative estimate of drug-likeness (QED) is 0.518. The predicted molar refractivity (Wildman–Crippen MR) is 99.1 cm³/mol. The van der Waals surface area contributed by atoms with E-state index in [9.17, 15) is 9.13 Å². The number of rotatable bonds is 3. The number of hydrogen-bond acceptors (Lipinski definition) is 2. The minimum absolute atomic E-state index is 0.347. The summed E-state index contributed by atoms with van der Waals surface area (Å²) in [4.78, 5) is 0. The van der Waals surface area contributed by atoms with Crippen LogP contribution < -0.4 is 0 Å². The highest BCUT2D eigenvalue weighted by Gasteiger charge is 2.51. The summed E-state index contributed by atoms with van der Waals surface area (Å²) in [5.74, 6) is 4.45. The highest BCUT2D eigenvalue weighted by molar-refractivity contribution is 7.25. The Morgan fingerprint density at radius 3 is 1.33 bits per heavy atom. The summed E-state index contributed by atoms with van der Waals surface area (Å²) in [7, 11) is 0.754. The van der Waals surface area contributed by atoms with Crippen LogP contribution in [0.15, 0.2) is 0 Å². The Balaban J connectivity index is 1.67. The van der Waals surface area contributed by atoms with Gasteiger partial charge in [0, 0.05) is 11.3 Å². The smallest absolute Gasteiger partial charge is 0.158 e. The van der Waals surface area contributed by atoms with Gasteiger partial charge in [-0.25, -0.2) is 0 Å². The molecule has 24 heavy (non-hydrogen) atoms. The van der Waals surface area contributed by atoms with Crippen molar-refractivity contribution in [2.24, 2.45) is 35.5 Å². The van der Waals surface area contributed by atoms with Crippen LogP contribution in [0.5, 0.6) is 0 Å². The lowest BCUT2D eigenvalue weighted by Gasteiger charge is -2.54. The molecule has 0 N–H and O–H groups in total. The van der Waals surface area contributed by atoms with Crippen molar-refractivity contribution in [2.45, 2.75) is 88.4 Å². The number of fused-ring (bicyclic) bond motifs is 2. The Bertz CT molecular complexity index is 427. The van der Waals surface area contributed by atoms with Crippen molar-refractivity contribution in [3.8, 4) is 0 Å². The molecule has 0 bridgehead atoms. The van der Waals surface area contributed by atoms with Crippen LogP contribution >= 0.6 is 16.9 Å². The molecule has 4 saturated carbocycles. The maximum absolute atomic E-state index is 12.1. The van der Waals surface area contributed by atoms with E-state index < -0.39 is 0 Å². The normalized spacial score (nSPS) is 49.5. The average Bonchev–Trinajstić information content (AvgIpc) is 2.66. The summed E-state index contributed by atoms with van der Waals surface area (Å²) in [5.41, 5.74) is 0.693. The zero-order valence-corrected chi connectivity index (χ0v) is 16.6. The van der Waals surface area contributed by atoms with Crippen LogP contribution in [0.2, 0.25) is 0 Å². The molecule has 0 aliphatic heterocycles. The van der Waals surface area contributed by atoms with Crippen molar-refractivity contribution in [3.05, 3.63) is 0 Å². The van der Waals surface area contributed by atoms with Crippen molar-refractivity contribution in [1.82, 2.24) is 0 Å². The molecule has 134 valence electrons. The van der Waals surface area contributed by atoms with Gasteiger partial charge in [-0.05, 0) is 74.0 Å². The maximum Gasteiger partial charge on any atom is 0.158 e. The molecule has 0 aromatic carbocycles. The van der Waals surface area contributed by atoms with Gasteiger partial charge < -0.3 is 0 Å². The van der Waals surface area contributed by atoms with Gasteiger partial charge in [-0.2, -0.15) is 0 Å². The van der Waals surface area contributed by atoms with Crippen LogP contribution in [-0.4, -0.2) is 11.3 Å². The fourth-order valence-corrected chi connectivity index (χ4v) is 8.89. The molecule has 8 atom stereocenters. The minimum atomic E-state index is 0.347. The largest absolute Gasteiger partial charge is 0.275 e. The molecule has 0 heterocycles. The topological polar surface area (TPSA) is 34.1 Å². The van der Waals surface area contributed by atoms with Crippen LogP contribution in [0.3, 0.4) is 0 Å². The molecule has 0 saturated heterocycles. The van der Waals surface area contributed by atoms with Crippen LogP contribution in [0.4, 0.5) is 0 Å². The molecule has 0 aromatic heterocycles. The lowest BCUT2D eigenvalue weighted by molar-refractivity contribution is -0.00302. The molecule has 0 spiro atoms. The van der Waals surface area contributed by atoms with Crippen molar-refractivity contribution < 1.29 is 9.13 Å². The standard InChI is InChI=1S/C20H32O2P2/c21-23-17-11-9-13-5-1-3-7-15(13)19(17)20-16-8-4-2-6-14(16)10-12-18(20)24-22/h13-20H,1-12H2. The molecular weight excluding hydrogens is 334 g/mol. The Morgan fingerprint density at radius 2 is 0.917 bits per heavy atom. The van der Waals surface area contributed by atoms with E-state index in [-0.39, 0.29) is 0 Å². The highest BCUT2D eigenvalue weighted by atomic mass is 31.1. The Labute approximate surface area is 150 Å². The SMILES string of the molecule is O=PC1CCC2CCCCC2C1C1C(P=O)CCC2CCCCC21. The fourth-order valence-electron chi connectivity index (χ4n) is 7.26. The van der Waals surface area contributed by atoms with E-state index in [4.69, 9.17) is 0 Å². The maximum atomic E-state index is 12.1. The van der Waals surface area contributed by atoms with Crippen LogP contribution in [0.25, 0.3) is 0 Å². The molecule has 0 radical (unpaired) electrons. The molecule has 4 aliphatic rings. The highest BCUT2D eigenvalue weighted by Crippen LogP contribution is 2.58. The second-order valence-corrected chi connectivity index (χ2v) is 10.8. The van der Waals surface area contributed by atoms with E-state index in [1.807, 2.05) is 0 Å². The van der Waals surface area contributed by atoms with Crippen molar-refractivity contribution in [2.75, 3.05) is 0 Å². The first-order valence-electron chi connectivity index (χ1n) is 10.5. The van der Waals surface area contributed by atoms with Crippen molar-refractivity contribution in [1.29, 1.82) is 0 Å². The van der Waals surface area contributed by atoms with Crippen molar-refractivity contribution in [3.63, 3.8) is 0 Å². The fraction of sp³-hybridized carbons (Fsp3) is 1.00. The van der Waals surface area contributed by atoms with Gasteiger partial charge in [0.2, 0.25) is 0 Å². The zero-order chi connectivity index (χ0) is 16.5. The lowest BCUT2D eigenvalue weighted by Crippen LogP contribution is -2.50. The number of hydrogen-bond donors (Lipinski definition) is 0. The summed E-state index contributed by atoms with van der Waals surface area (Å²) < 4.78 is 24.1. The van der Waals surface area contributed by atoms with E-state index >= 15 is 0 Å². The Morgan fingerprint density at radius 1 is 0.500 bits per heavy atom. The van der Waals surface area contributed by atoms with Crippen molar-refractivity contribution >= 4 is 16.9 Å². The Kier molecular flexibility index (Phi) is 5.75. The van der Waals surface area contributed by atoms with Gasteiger partial charge in [0.05, 0.1) is 0 Å². The lowest BCUT2D eigenvalue weighted by atomic mass is 9.54. The van der Waals surface area contributed by atoms with Gasteiger partial charge in [-0.1, -0.05) is 38.5 Å². The second-order valence-electron chi connectivity index (χ2n) is 9.07. The molecular formula is C20H32O2P2. The third-order valence-electron chi connectivity index (χ3n) is 8.19. The van der Waals surface area contributed by atoms with Gasteiger partial charge in [-0.15, -0.1) is 0 Å². The molecule has 2 nitrogen and oxygen atoms in total. The molecule has 0 amide bonds. The van der Waals surface area contributed by atoms with Crippen LogP contribution in [0, 0.1) is 35.5 Å². The van der Waals surface area contributed by atoms with Crippen LogP contribution in [0.1, 0.15) is 77.0 Å². The second kappa shape index (κ2) is 7.84. The summed E-state index contributed by atoms with van der Waals surface area (Å²) in [6.07, 6.45) is 15.9. The van der Waals surface area contributed by atoms with E-state index in [0.29, 0.717) is 40.1 Å². The minimum Gasteiger partial charge on any atom is -0.275 e. The summed E-state index contributed by atoms with van der Waals surface area (Å²) >= 11 is 0. The summed E-state index contributed by atoms with van der Waals surface area (Å²) in [6.45, 7) is 0. The van der Waals surface area contributed by atoms with E-state index in [1.54, 1.807) is 0 Å². The van der Waals surface area contributed by atoms with E-state index in [1.165, 1.54) is 64.2 Å². The third-order valence-corrected chi connectivity index (χ3v) is 9.94. The molecule has 4 aliphatic carbocycles. The average molecular weight is 366 g/mol.